The largest absolute Gasteiger partial charge is 0.481 e. The highest BCUT2D eigenvalue weighted by Gasteiger charge is 2.22. The number of carbonyl (C=O) groups is 1. The maximum atomic E-state index is 12.8. The van der Waals surface area contributed by atoms with Crippen LogP contribution in [0, 0.1) is 5.82 Å². The molecule has 1 aliphatic rings. The van der Waals surface area contributed by atoms with Crippen molar-refractivity contribution in [2.24, 2.45) is 0 Å². The van der Waals surface area contributed by atoms with E-state index in [1.165, 1.54) is 12.1 Å². The van der Waals surface area contributed by atoms with Crippen molar-refractivity contribution in [2.75, 3.05) is 24.6 Å². The molecule has 1 N–H and O–H groups in total. The van der Waals surface area contributed by atoms with Gasteiger partial charge < -0.3 is 14.7 Å². The Kier molecular flexibility index (Phi) is 3.58. The quantitative estimate of drug-likeness (QED) is 0.868. The maximum Gasteiger partial charge on any atom is 0.306 e. The van der Waals surface area contributed by atoms with Gasteiger partial charge in [0.1, 0.15) is 5.82 Å². The minimum Gasteiger partial charge on any atom is -0.481 e. The standard InChI is InChI=1S/C12H14FNO3/c13-9-1-3-10(4-2-9)14-5-6-17-11(8-14)7-12(15)16/h1-4,11H,5-8H2,(H,15,16). The summed E-state index contributed by atoms with van der Waals surface area (Å²) in [5.74, 6) is -1.14. The summed E-state index contributed by atoms with van der Waals surface area (Å²) in [6, 6.07) is 6.19. The van der Waals surface area contributed by atoms with E-state index in [1.807, 2.05) is 4.90 Å². The molecule has 1 fully saturated rings. The van der Waals surface area contributed by atoms with E-state index < -0.39 is 5.97 Å². The zero-order valence-corrected chi connectivity index (χ0v) is 9.30. The minimum atomic E-state index is -0.865. The van der Waals surface area contributed by atoms with E-state index in [-0.39, 0.29) is 18.3 Å². The molecule has 1 aromatic rings. The molecule has 92 valence electrons. The minimum absolute atomic E-state index is 0.00229. The van der Waals surface area contributed by atoms with E-state index >= 15 is 0 Å². The first kappa shape index (κ1) is 11.9. The maximum absolute atomic E-state index is 12.8. The third kappa shape index (κ3) is 3.17. The summed E-state index contributed by atoms with van der Waals surface area (Å²) >= 11 is 0. The van der Waals surface area contributed by atoms with Crippen molar-refractivity contribution in [3.05, 3.63) is 30.1 Å². The number of aliphatic carboxylic acids is 1. The first-order chi connectivity index (χ1) is 8.15. The van der Waals surface area contributed by atoms with Gasteiger partial charge in [-0.3, -0.25) is 4.79 Å². The fraction of sp³-hybridized carbons (Fsp3) is 0.417. The van der Waals surface area contributed by atoms with Crippen LogP contribution in [0.1, 0.15) is 6.42 Å². The van der Waals surface area contributed by atoms with Crippen molar-refractivity contribution < 1.29 is 19.0 Å². The number of ether oxygens (including phenoxy) is 1. The third-order valence-corrected chi connectivity index (χ3v) is 2.73. The monoisotopic (exact) mass is 239 g/mol. The summed E-state index contributed by atoms with van der Waals surface area (Å²) in [6.07, 6.45) is -0.302. The van der Waals surface area contributed by atoms with Crippen LogP contribution in [0.3, 0.4) is 0 Å². The lowest BCUT2D eigenvalue weighted by molar-refractivity contribution is -0.140. The third-order valence-electron chi connectivity index (χ3n) is 2.73. The number of halogens is 1. The van der Waals surface area contributed by atoms with Crippen molar-refractivity contribution in [3.8, 4) is 0 Å². The number of rotatable bonds is 3. The van der Waals surface area contributed by atoms with Gasteiger partial charge in [-0.25, -0.2) is 4.39 Å². The average molecular weight is 239 g/mol. The fourth-order valence-electron chi connectivity index (χ4n) is 1.92. The van der Waals surface area contributed by atoms with E-state index in [0.29, 0.717) is 19.7 Å². The molecule has 17 heavy (non-hydrogen) atoms. The van der Waals surface area contributed by atoms with E-state index in [9.17, 15) is 9.18 Å². The van der Waals surface area contributed by atoms with Gasteiger partial charge >= 0.3 is 5.97 Å². The van der Waals surface area contributed by atoms with Crippen LogP contribution in [-0.2, 0) is 9.53 Å². The Morgan fingerprint density at radius 2 is 2.18 bits per heavy atom. The van der Waals surface area contributed by atoms with Crippen LogP contribution < -0.4 is 4.90 Å². The first-order valence-electron chi connectivity index (χ1n) is 5.49. The summed E-state index contributed by atoms with van der Waals surface area (Å²) in [5, 5.41) is 8.71. The second kappa shape index (κ2) is 5.14. The van der Waals surface area contributed by atoms with Gasteiger partial charge in [0.2, 0.25) is 0 Å². The molecule has 0 aliphatic carbocycles. The zero-order chi connectivity index (χ0) is 12.3. The van der Waals surface area contributed by atoms with Crippen molar-refractivity contribution in [1.82, 2.24) is 0 Å². The fourth-order valence-corrected chi connectivity index (χ4v) is 1.92. The lowest BCUT2D eigenvalue weighted by Gasteiger charge is -2.33. The molecule has 1 saturated heterocycles. The van der Waals surface area contributed by atoms with Crippen LogP contribution in [-0.4, -0.2) is 36.9 Å². The topological polar surface area (TPSA) is 49.8 Å². The number of nitrogens with zero attached hydrogens (tertiary/aromatic N) is 1. The SMILES string of the molecule is O=C(O)CC1CN(c2ccc(F)cc2)CCO1. The number of carboxylic acid groups (broad SMARTS) is 1. The van der Waals surface area contributed by atoms with Gasteiger partial charge in [-0.2, -0.15) is 0 Å². The summed E-state index contributed by atoms with van der Waals surface area (Å²) in [6.45, 7) is 1.72. The lowest BCUT2D eigenvalue weighted by atomic mass is 10.2. The Morgan fingerprint density at radius 3 is 2.82 bits per heavy atom. The van der Waals surface area contributed by atoms with Gasteiger partial charge in [-0.15, -0.1) is 0 Å². The Balaban J connectivity index is 2.01. The van der Waals surface area contributed by atoms with Crippen molar-refractivity contribution in [3.63, 3.8) is 0 Å². The number of hydrogen-bond acceptors (Lipinski definition) is 3. The zero-order valence-electron chi connectivity index (χ0n) is 9.30. The van der Waals surface area contributed by atoms with E-state index in [0.717, 1.165) is 5.69 Å². The van der Waals surface area contributed by atoms with Crippen LogP contribution in [0.25, 0.3) is 0 Å². The molecule has 1 aromatic carbocycles. The van der Waals surface area contributed by atoms with Crippen LogP contribution in [0.15, 0.2) is 24.3 Å². The predicted molar refractivity (Wildman–Crippen MR) is 60.6 cm³/mol. The number of hydrogen-bond donors (Lipinski definition) is 1. The van der Waals surface area contributed by atoms with Crippen molar-refractivity contribution in [1.29, 1.82) is 0 Å². The van der Waals surface area contributed by atoms with Gasteiger partial charge in [0.25, 0.3) is 0 Å². The Morgan fingerprint density at radius 1 is 1.47 bits per heavy atom. The summed E-state index contributed by atoms with van der Waals surface area (Å²) in [5.41, 5.74) is 0.894. The molecule has 1 aliphatic heterocycles. The normalized spacial score (nSPS) is 20.3. The van der Waals surface area contributed by atoms with Crippen molar-refractivity contribution in [2.45, 2.75) is 12.5 Å². The number of benzene rings is 1. The molecule has 0 aromatic heterocycles. The Labute approximate surface area is 98.6 Å². The number of anilines is 1. The smallest absolute Gasteiger partial charge is 0.306 e. The molecule has 0 spiro atoms. The van der Waals surface area contributed by atoms with Crippen LogP contribution in [0.2, 0.25) is 0 Å². The molecule has 1 unspecified atom stereocenters. The molecule has 1 atom stereocenters. The molecular weight excluding hydrogens is 225 g/mol. The van der Waals surface area contributed by atoms with E-state index in [1.54, 1.807) is 12.1 Å². The lowest BCUT2D eigenvalue weighted by Crippen LogP contribution is -2.43. The van der Waals surface area contributed by atoms with Gasteiger partial charge in [-0.05, 0) is 24.3 Å². The predicted octanol–water partition coefficient (Wildman–Crippen LogP) is 1.51. The second-order valence-corrected chi connectivity index (χ2v) is 4.01. The van der Waals surface area contributed by atoms with Crippen LogP contribution in [0.5, 0.6) is 0 Å². The van der Waals surface area contributed by atoms with Gasteiger partial charge in [0.05, 0.1) is 19.1 Å². The highest BCUT2D eigenvalue weighted by atomic mass is 19.1. The Bertz CT molecular complexity index is 393. The van der Waals surface area contributed by atoms with Gasteiger partial charge in [-0.1, -0.05) is 0 Å². The number of morpholine rings is 1. The summed E-state index contributed by atoms with van der Waals surface area (Å²) in [7, 11) is 0. The molecule has 5 heteroatoms. The van der Waals surface area contributed by atoms with Gasteiger partial charge in [0.15, 0.2) is 0 Å². The average Bonchev–Trinajstić information content (AvgIpc) is 2.29. The molecule has 1 heterocycles. The summed E-state index contributed by atoms with van der Waals surface area (Å²) < 4.78 is 18.1. The highest BCUT2D eigenvalue weighted by molar-refractivity contribution is 5.67. The molecule has 0 bridgehead atoms. The number of carboxylic acids is 1. The molecule has 2 rings (SSSR count). The first-order valence-corrected chi connectivity index (χ1v) is 5.49. The molecule has 0 amide bonds. The summed E-state index contributed by atoms with van der Waals surface area (Å²) in [4.78, 5) is 12.6. The van der Waals surface area contributed by atoms with Crippen molar-refractivity contribution >= 4 is 11.7 Å². The molecule has 0 saturated carbocycles. The second-order valence-electron chi connectivity index (χ2n) is 4.01. The van der Waals surface area contributed by atoms with E-state index in [4.69, 9.17) is 9.84 Å². The van der Waals surface area contributed by atoms with Gasteiger partial charge in [0, 0.05) is 18.8 Å². The van der Waals surface area contributed by atoms with E-state index in [2.05, 4.69) is 0 Å². The Hall–Kier alpha value is -1.62. The molecule has 0 radical (unpaired) electrons. The molecule has 4 nitrogen and oxygen atoms in total. The van der Waals surface area contributed by atoms with Crippen LogP contribution >= 0.6 is 0 Å². The molecular formula is C12H14FNO3. The highest BCUT2D eigenvalue weighted by Crippen LogP contribution is 2.19. The van der Waals surface area contributed by atoms with Crippen LogP contribution in [0.4, 0.5) is 10.1 Å².